The first-order valence-corrected chi connectivity index (χ1v) is 7.81. The van der Waals surface area contributed by atoms with Crippen molar-refractivity contribution in [3.63, 3.8) is 0 Å². The van der Waals surface area contributed by atoms with E-state index in [4.69, 9.17) is 27.9 Å². The molecular weight excluding hydrogens is 337 g/mol. The van der Waals surface area contributed by atoms with Gasteiger partial charge in [-0.3, -0.25) is 4.79 Å². The Balaban J connectivity index is 1.98. The lowest BCUT2D eigenvalue weighted by Crippen LogP contribution is -2.25. The highest BCUT2D eigenvalue weighted by Crippen LogP contribution is 2.31. The van der Waals surface area contributed by atoms with Crippen LogP contribution in [0.1, 0.15) is 16.8 Å². The van der Waals surface area contributed by atoms with Gasteiger partial charge in [-0.15, -0.1) is 0 Å². The van der Waals surface area contributed by atoms with Crippen molar-refractivity contribution >= 4 is 40.6 Å². The van der Waals surface area contributed by atoms with Gasteiger partial charge in [0, 0.05) is 26.5 Å². The molecule has 0 spiro atoms. The lowest BCUT2D eigenvalue weighted by Gasteiger charge is -2.10. The van der Waals surface area contributed by atoms with Crippen LogP contribution in [-0.2, 0) is 4.74 Å². The van der Waals surface area contributed by atoms with Crippen LogP contribution in [0.3, 0.4) is 0 Å². The van der Waals surface area contributed by atoms with Crippen LogP contribution in [0.25, 0.3) is 0 Å². The van der Waals surface area contributed by atoms with Gasteiger partial charge in [0.25, 0.3) is 5.91 Å². The van der Waals surface area contributed by atoms with Crippen LogP contribution in [-0.4, -0.2) is 31.2 Å². The van der Waals surface area contributed by atoms with E-state index in [1.807, 2.05) is 0 Å². The number of carbonyl (C=O) groups excluding carboxylic acids is 1. The van der Waals surface area contributed by atoms with Gasteiger partial charge in [0.2, 0.25) is 0 Å². The van der Waals surface area contributed by atoms with Gasteiger partial charge in [-0.2, -0.15) is 0 Å². The second-order valence-electron chi connectivity index (χ2n) is 4.76. The molecule has 0 bridgehead atoms. The Morgan fingerprint density at radius 3 is 2.57 bits per heavy atom. The first-order chi connectivity index (χ1) is 11.1. The molecule has 0 aliphatic rings. The van der Waals surface area contributed by atoms with Gasteiger partial charge in [0.05, 0.1) is 21.3 Å². The fourth-order valence-corrected chi connectivity index (χ4v) is 2.36. The second-order valence-corrected chi connectivity index (χ2v) is 5.57. The van der Waals surface area contributed by atoms with Crippen LogP contribution in [0.5, 0.6) is 0 Å². The minimum Gasteiger partial charge on any atom is -0.385 e. The zero-order valence-corrected chi connectivity index (χ0v) is 14.1. The predicted octanol–water partition coefficient (Wildman–Crippen LogP) is 3.90. The van der Waals surface area contributed by atoms with Crippen molar-refractivity contribution in [1.29, 1.82) is 0 Å². The van der Waals surface area contributed by atoms with E-state index in [1.165, 1.54) is 6.20 Å². The lowest BCUT2D eigenvalue weighted by molar-refractivity contribution is 0.0948. The topological polar surface area (TPSA) is 63.2 Å². The number of aromatic nitrogens is 1. The number of nitrogens with one attached hydrogen (secondary N) is 2. The lowest BCUT2D eigenvalue weighted by atomic mass is 10.2. The van der Waals surface area contributed by atoms with Gasteiger partial charge < -0.3 is 15.4 Å². The summed E-state index contributed by atoms with van der Waals surface area (Å²) in [5.74, 6) is 0.381. The molecule has 1 aromatic heterocycles. The molecule has 2 N–H and O–H groups in total. The zero-order chi connectivity index (χ0) is 16.7. The Morgan fingerprint density at radius 1 is 1.22 bits per heavy atom. The molecule has 1 aromatic carbocycles. The number of methoxy groups -OCH3 is 1. The molecule has 0 fully saturated rings. The number of hydrogen-bond acceptors (Lipinski definition) is 4. The van der Waals surface area contributed by atoms with Crippen LogP contribution >= 0.6 is 23.2 Å². The maximum Gasteiger partial charge on any atom is 0.252 e. The van der Waals surface area contributed by atoms with E-state index in [0.717, 1.165) is 6.42 Å². The van der Waals surface area contributed by atoms with Gasteiger partial charge in [0.15, 0.2) is 0 Å². The van der Waals surface area contributed by atoms with E-state index in [2.05, 4.69) is 15.6 Å². The van der Waals surface area contributed by atoms with Crippen molar-refractivity contribution < 1.29 is 9.53 Å². The normalized spacial score (nSPS) is 10.4. The minimum absolute atomic E-state index is 0.170. The van der Waals surface area contributed by atoms with Crippen LogP contribution in [0.2, 0.25) is 10.0 Å². The molecule has 0 atom stereocenters. The van der Waals surface area contributed by atoms with Crippen molar-refractivity contribution in [2.75, 3.05) is 25.6 Å². The SMILES string of the molecule is COCCCNC(=O)c1ccc(Nc2c(Cl)cccc2Cl)nc1. The Kier molecular flexibility index (Phi) is 6.65. The molecule has 5 nitrogen and oxygen atoms in total. The van der Waals surface area contributed by atoms with Crippen LogP contribution in [0.15, 0.2) is 36.5 Å². The first kappa shape index (κ1) is 17.5. The predicted molar refractivity (Wildman–Crippen MR) is 92.8 cm³/mol. The summed E-state index contributed by atoms with van der Waals surface area (Å²) < 4.78 is 4.93. The van der Waals surface area contributed by atoms with Crippen molar-refractivity contribution in [3.8, 4) is 0 Å². The van der Waals surface area contributed by atoms with Gasteiger partial charge in [0.1, 0.15) is 5.82 Å². The fraction of sp³-hybridized carbons (Fsp3) is 0.250. The number of carbonyl (C=O) groups is 1. The number of rotatable bonds is 7. The van der Waals surface area contributed by atoms with Gasteiger partial charge in [-0.1, -0.05) is 29.3 Å². The van der Waals surface area contributed by atoms with E-state index in [1.54, 1.807) is 37.4 Å². The average Bonchev–Trinajstić information content (AvgIpc) is 2.55. The van der Waals surface area contributed by atoms with E-state index < -0.39 is 0 Å². The molecule has 0 unspecified atom stereocenters. The summed E-state index contributed by atoms with van der Waals surface area (Å²) in [5.41, 5.74) is 1.07. The molecule has 23 heavy (non-hydrogen) atoms. The summed E-state index contributed by atoms with van der Waals surface area (Å²) in [4.78, 5) is 16.1. The Morgan fingerprint density at radius 2 is 1.96 bits per heavy atom. The van der Waals surface area contributed by atoms with Gasteiger partial charge >= 0.3 is 0 Å². The Labute approximate surface area is 145 Å². The molecule has 1 amide bonds. The molecule has 1 heterocycles. The number of anilines is 2. The molecule has 0 aliphatic carbocycles. The maximum absolute atomic E-state index is 11.9. The molecular formula is C16H17Cl2N3O2. The third-order valence-electron chi connectivity index (χ3n) is 3.05. The van der Waals surface area contributed by atoms with Crippen LogP contribution in [0, 0.1) is 0 Å². The third-order valence-corrected chi connectivity index (χ3v) is 3.68. The van der Waals surface area contributed by atoms with Crippen LogP contribution < -0.4 is 10.6 Å². The highest BCUT2D eigenvalue weighted by atomic mass is 35.5. The number of ether oxygens (including phenoxy) is 1. The summed E-state index contributed by atoms with van der Waals surface area (Å²) in [6.07, 6.45) is 2.26. The maximum atomic E-state index is 11.9. The molecule has 122 valence electrons. The molecule has 2 aromatic rings. The highest BCUT2D eigenvalue weighted by molar-refractivity contribution is 6.39. The molecule has 0 aliphatic heterocycles. The molecule has 0 saturated carbocycles. The summed E-state index contributed by atoms with van der Waals surface area (Å²) in [7, 11) is 1.63. The average molecular weight is 354 g/mol. The standard InChI is InChI=1S/C16H17Cl2N3O2/c1-23-9-3-8-19-16(22)11-6-7-14(20-10-11)21-15-12(17)4-2-5-13(15)18/h2,4-7,10H,3,8-9H2,1H3,(H,19,22)(H,20,21). The summed E-state index contributed by atoms with van der Waals surface area (Å²) in [5, 5.41) is 6.84. The summed E-state index contributed by atoms with van der Waals surface area (Å²) in [6, 6.07) is 8.62. The number of hydrogen-bond donors (Lipinski definition) is 2. The number of amides is 1. The monoisotopic (exact) mass is 353 g/mol. The van der Waals surface area contributed by atoms with E-state index in [9.17, 15) is 4.79 Å². The molecule has 0 saturated heterocycles. The summed E-state index contributed by atoms with van der Waals surface area (Å²) >= 11 is 12.2. The van der Waals surface area contributed by atoms with E-state index in [0.29, 0.717) is 40.3 Å². The first-order valence-electron chi connectivity index (χ1n) is 7.06. The molecule has 0 radical (unpaired) electrons. The Hall–Kier alpha value is -1.82. The number of benzene rings is 1. The smallest absolute Gasteiger partial charge is 0.252 e. The number of nitrogens with zero attached hydrogens (tertiary/aromatic N) is 1. The van der Waals surface area contributed by atoms with Crippen molar-refractivity contribution in [1.82, 2.24) is 10.3 Å². The van der Waals surface area contributed by atoms with Gasteiger partial charge in [-0.05, 0) is 30.7 Å². The fourth-order valence-electron chi connectivity index (χ4n) is 1.87. The number of halogens is 2. The van der Waals surface area contributed by atoms with E-state index in [-0.39, 0.29) is 5.91 Å². The Bertz CT molecular complexity index is 643. The minimum atomic E-state index is -0.170. The highest BCUT2D eigenvalue weighted by Gasteiger charge is 2.08. The second kappa shape index (κ2) is 8.72. The quantitative estimate of drug-likeness (QED) is 0.741. The molecule has 2 rings (SSSR count). The number of pyridine rings is 1. The van der Waals surface area contributed by atoms with Crippen molar-refractivity contribution in [3.05, 3.63) is 52.1 Å². The van der Waals surface area contributed by atoms with Crippen molar-refractivity contribution in [2.45, 2.75) is 6.42 Å². The zero-order valence-electron chi connectivity index (χ0n) is 12.6. The molecule has 7 heteroatoms. The van der Waals surface area contributed by atoms with Crippen molar-refractivity contribution in [2.24, 2.45) is 0 Å². The van der Waals surface area contributed by atoms with E-state index >= 15 is 0 Å². The largest absolute Gasteiger partial charge is 0.385 e. The van der Waals surface area contributed by atoms with Crippen LogP contribution in [0.4, 0.5) is 11.5 Å². The van der Waals surface area contributed by atoms with Gasteiger partial charge in [-0.25, -0.2) is 4.98 Å². The summed E-state index contributed by atoms with van der Waals surface area (Å²) in [6.45, 7) is 1.17. The number of para-hydroxylation sites is 1. The third kappa shape index (κ3) is 5.10.